The van der Waals surface area contributed by atoms with E-state index in [1.54, 1.807) is 0 Å². The van der Waals surface area contributed by atoms with Crippen molar-refractivity contribution in [2.24, 2.45) is 0 Å². The highest BCUT2D eigenvalue weighted by Gasteiger charge is 2.22. The van der Waals surface area contributed by atoms with Crippen LogP contribution in [0.3, 0.4) is 0 Å². The minimum Gasteiger partial charge on any atom is -0.373 e. The minimum atomic E-state index is 0.714. The van der Waals surface area contributed by atoms with Crippen molar-refractivity contribution in [2.45, 2.75) is 32.4 Å². The average molecular weight is 261 g/mol. The molecule has 1 saturated heterocycles. The van der Waals surface area contributed by atoms with Crippen LogP contribution in [0.25, 0.3) is 0 Å². The summed E-state index contributed by atoms with van der Waals surface area (Å²) in [7, 11) is 4.44. The summed E-state index contributed by atoms with van der Waals surface area (Å²) in [5, 5.41) is 3.36. The van der Waals surface area contributed by atoms with E-state index < -0.39 is 0 Å². The van der Waals surface area contributed by atoms with Gasteiger partial charge in [0.1, 0.15) is 0 Å². The molecule has 1 N–H and O–H groups in total. The fraction of sp³-hybridized carbons (Fsp3) is 0.625. The lowest BCUT2D eigenvalue weighted by Crippen LogP contribution is -2.36. The molecule has 3 nitrogen and oxygen atoms in total. The van der Waals surface area contributed by atoms with Crippen LogP contribution < -0.4 is 10.2 Å². The van der Waals surface area contributed by atoms with Gasteiger partial charge >= 0.3 is 0 Å². The van der Waals surface area contributed by atoms with Crippen LogP contribution in [-0.2, 0) is 6.54 Å². The molecule has 0 spiro atoms. The Morgan fingerprint density at radius 3 is 2.63 bits per heavy atom. The largest absolute Gasteiger partial charge is 0.373 e. The van der Waals surface area contributed by atoms with Crippen LogP contribution in [0.1, 0.15) is 25.3 Å². The fourth-order valence-electron chi connectivity index (χ4n) is 2.77. The van der Waals surface area contributed by atoms with E-state index in [0.29, 0.717) is 6.04 Å². The Bertz CT molecular complexity index is 374. The Morgan fingerprint density at radius 2 is 2.05 bits per heavy atom. The zero-order chi connectivity index (χ0) is 13.7. The van der Waals surface area contributed by atoms with Crippen LogP contribution in [0.15, 0.2) is 24.3 Å². The predicted octanol–water partition coefficient (Wildman–Crippen LogP) is 2.33. The van der Waals surface area contributed by atoms with Gasteiger partial charge in [-0.15, -0.1) is 0 Å². The molecule has 1 fully saturated rings. The normalized spacial score (nSPS) is 19.8. The number of hydrogen-bond acceptors (Lipinski definition) is 3. The molecular formula is C16H27N3. The SMILES string of the molecule is CCNCc1ccc(N(C)CC2CCCN2C)cc1. The zero-order valence-electron chi connectivity index (χ0n) is 12.5. The van der Waals surface area contributed by atoms with Gasteiger partial charge in [-0.25, -0.2) is 0 Å². The molecule has 1 aliphatic rings. The Labute approximate surface area is 117 Å². The molecule has 0 bridgehead atoms. The predicted molar refractivity (Wildman–Crippen MR) is 82.7 cm³/mol. The maximum absolute atomic E-state index is 3.36. The molecule has 1 heterocycles. The van der Waals surface area contributed by atoms with E-state index in [4.69, 9.17) is 0 Å². The smallest absolute Gasteiger partial charge is 0.0364 e. The van der Waals surface area contributed by atoms with Gasteiger partial charge in [-0.1, -0.05) is 19.1 Å². The second kappa shape index (κ2) is 6.92. The lowest BCUT2D eigenvalue weighted by molar-refractivity contribution is 0.314. The van der Waals surface area contributed by atoms with Gasteiger partial charge in [-0.2, -0.15) is 0 Å². The first-order valence-electron chi connectivity index (χ1n) is 7.41. The summed E-state index contributed by atoms with van der Waals surface area (Å²) in [6.07, 6.45) is 2.68. The molecule has 0 saturated carbocycles. The van der Waals surface area contributed by atoms with Crippen LogP contribution in [0.5, 0.6) is 0 Å². The summed E-state index contributed by atoms with van der Waals surface area (Å²) in [4.78, 5) is 4.86. The number of nitrogens with zero attached hydrogens (tertiary/aromatic N) is 2. The lowest BCUT2D eigenvalue weighted by atomic mass is 10.1. The van der Waals surface area contributed by atoms with Crippen molar-refractivity contribution in [3.63, 3.8) is 0 Å². The summed E-state index contributed by atoms with van der Waals surface area (Å²) in [6, 6.07) is 9.65. The maximum atomic E-state index is 3.36. The van der Waals surface area contributed by atoms with Crippen LogP contribution in [0.2, 0.25) is 0 Å². The quantitative estimate of drug-likeness (QED) is 0.848. The van der Waals surface area contributed by atoms with Gasteiger partial charge in [-0.3, -0.25) is 0 Å². The van der Waals surface area contributed by atoms with E-state index in [1.807, 2.05) is 0 Å². The van der Waals surface area contributed by atoms with Crippen molar-refractivity contribution in [3.8, 4) is 0 Å². The molecule has 1 unspecified atom stereocenters. The van der Waals surface area contributed by atoms with Gasteiger partial charge in [0.2, 0.25) is 0 Å². The molecule has 2 rings (SSSR count). The molecule has 106 valence electrons. The lowest BCUT2D eigenvalue weighted by Gasteiger charge is -2.27. The van der Waals surface area contributed by atoms with Crippen molar-refractivity contribution in [2.75, 3.05) is 38.6 Å². The van der Waals surface area contributed by atoms with Gasteiger partial charge in [0.05, 0.1) is 0 Å². The van der Waals surface area contributed by atoms with E-state index in [1.165, 1.54) is 30.6 Å². The highest BCUT2D eigenvalue weighted by atomic mass is 15.2. The molecular weight excluding hydrogens is 234 g/mol. The Balaban J connectivity index is 1.89. The van der Waals surface area contributed by atoms with E-state index in [2.05, 4.69) is 60.4 Å². The van der Waals surface area contributed by atoms with Gasteiger partial charge in [-0.05, 0) is 50.7 Å². The summed E-state index contributed by atoms with van der Waals surface area (Å²) in [5.74, 6) is 0. The van der Waals surface area contributed by atoms with Crippen LogP contribution in [0, 0.1) is 0 Å². The molecule has 1 aromatic rings. The van der Waals surface area contributed by atoms with E-state index in [9.17, 15) is 0 Å². The third kappa shape index (κ3) is 3.95. The molecule has 0 radical (unpaired) electrons. The maximum Gasteiger partial charge on any atom is 0.0364 e. The first-order valence-corrected chi connectivity index (χ1v) is 7.41. The fourth-order valence-corrected chi connectivity index (χ4v) is 2.77. The third-order valence-corrected chi connectivity index (χ3v) is 4.11. The van der Waals surface area contributed by atoms with Crippen LogP contribution in [0.4, 0.5) is 5.69 Å². The van der Waals surface area contributed by atoms with Gasteiger partial charge in [0.15, 0.2) is 0 Å². The summed E-state index contributed by atoms with van der Waals surface area (Å²) >= 11 is 0. The molecule has 1 atom stereocenters. The Morgan fingerprint density at radius 1 is 1.32 bits per heavy atom. The number of benzene rings is 1. The van der Waals surface area contributed by atoms with Crippen molar-refractivity contribution in [3.05, 3.63) is 29.8 Å². The highest BCUT2D eigenvalue weighted by molar-refractivity contribution is 5.47. The summed E-state index contributed by atoms with van der Waals surface area (Å²) in [5.41, 5.74) is 2.68. The van der Waals surface area contributed by atoms with Gasteiger partial charge in [0, 0.05) is 31.9 Å². The standard InChI is InChI=1S/C16H27N3/c1-4-17-12-14-7-9-15(10-8-14)19(3)13-16-6-5-11-18(16)2/h7-10,16-17H,4-6,11-13H2,1-3H3. The third-order valence-electron chi connectivity index (χ3n) is 4.11. The zero-order valence-corrected chi connectivity index (χ0v) is 12.5. The number of likely N-dealkylation sites (tertiary alicyclic amines) is 1. The second-order valence-electron chi connectivity index (χ2n) is 5.60. The highest BCUT2D eigenvalue weighted by Crippen LogP contribution is 2.19. The number of hydrogen-bond donors (Lipinski definition) is 1. The molecule has 0 aromatic heterocycles. The van der Waals surface area contributed by atoms with Crippen molar-refractivity contribution < 1.29 is 0 Å². The molecule has 19 heavy (non-hydrogen) atoms. The Hall–Kier alpha value is -1.06. The van der Waals surface area contributed by atoms with Crippen LogP contribution in [-0.4, -0.2) is 44.7 Å². The average Bonchev–Trinajstić information content (AvgIpc) is 2.82. The van der Waals surface area contributed by atoms with Crippen LogP contribution >= 0.6 is 0 Å². The van der Waals surface area contributed by atoms with Gasteiger partial charge in [0.25, 0.3) is 0 Å². The van der Waals surface area contributed by atoms with Crippen molar-refractivity contribution in [1.29, 1.82) is 0 Å². The topological polar surface area (TPSA) is 18.5 Å². The monoisotopic (exact) mass is 261 g/mol. The first kappa shape index (κ1) is 14.4. The summed E-state index contributed by atoms with van der Waals surface area (Å²) < 4.78 is 0. The molecule has 0 aliphatic carbocycles. The number of nitrogens with one attached hydrogen (secondary N) is 1. The number of anilines is 1. The number of likely N-dealkylation sites (N-methyl/N-ethyl adjacent to an activating group) is 2. The molecule has 3 heteroatoms. The Kier molecular flexibility index (Phi) is 5.23. The molecule has 1 aromatic carbocycles. The molecule has 1 aliphatic heterocycles. The van der Waals surface area contributed by atoms with Gasteiger partial charge < -0.3 is 15.1 Å². The van der Waals surface area contributed by atoms with E-state index in [-0.39, 0.29) is 0 Å². The van der Waals surface area contributed by atoms with E-state index >= 15 is 0 Å². The van der Waals surface area contributed by atoms with Crippen molar-refractivity contribution in [1.82, 2.24) is 10.2 Å². The summed E-state index contributed by atoms with van der Waals surface area (Å²) in [6.45, 7) is 6.50. The molecule has 0 amide bonds. The van der Waals surface area contributed by atoms with Crippen molar-refractivity contribution >= 4 is 5.69 Å². The number of rotatable bonds is 6. The second-order valence-corrected chi connectivity index (χ2v) is 5.60. The minimum absolute atomic E-state index is 0.714. The van der Waals surface area contributed by atoms with E-state index in [0.717, 1.165) is 19.6 Å². The first-order chi connectivity index (χ1) is 9.20.